The van der Waals surface area contributed by atoms with Gasteiger partial charge in [-0.2, -0.15) is 0 Å². The second-order valence-corrected chi connectivity index (χ2v) is 3.98. The lowest BCUT2D eigenvalue weighted by Gasteiger charge is -2.07. The van der Waals surface area contributed by atoms with Crippen LogP contribution in [-0.2, 0) is 4.74 Å². The molecule has 2 saturated heterocycles. The van der Waals surface area contributed by atoms with Gasteiger partial charge in [0.05, 0.1) is 6.10 Å². The molecule has 2 fully saturated rings. The van der Waals surface area contributed by atoms with Crippen LogP contribution in [0.15, 0.2) is 11.6 Å². The van der Waals surface area contributed by atoms with Gasteiger partial charge in [-0.1, -0.05) is 11.6 Å². The van der Waals surface area contributed by atoms with Crippen LogP contribution >= 0.6 is 0 Å². The van der Waals surface area contributed by atoms with E-state index < -0.39 is 0 Å². The zero-order valence-corrected chi connectivity index (χ0v) is 8.22. The van der Waals surface area contributed by atoms with Gasteiger partial charge in [0.1, 0.15) is 0 Å². The van der Waals surface area contributed by atoms with Gasteiger partial charge in [0.25, 0.3) is 0 Å². The minimum absolute atomic E-state index is 0.438. The first kappa shape index (κ1) is 9.22. The summed E-state index contributed by atoms with van der Waals surface area (Å²) in [5, 5.41) is 3.42. The number of hydrogen-bond acceptors (Lipinski definition) is 2. The summed E-state index contributed by atoms with van der Waals surface area (Å²) in [6, 6.07) is 0. The third kappa shape index (κ3) is 2.82. The molecule has 0 saturated carbocycles. The molecule has 2 nitrogen and oxygen atoms in total. The monoisotopic (exact) mass is 181 g/mol. The Morgan fingerprint density at radius 1 is 1.23 bits per heavy atom. The fraction of sp³-hybridized carbons (Fsp3) is 0.818. The molecule has 0 radical (unpaired) electrons. The quantitative estimate of drug-likeness (QED) is 0.623. The molecular weight excluding hydrogens is 162 g/mol. The Bertz CT molecular complexity index is 173. The number of ether oxygens (including phenoxy) is 1. The van der Waals surface area contributed by atoms with E-state index in [1.165, 1.54) is 38.6 Å². The van der Waals surface area contributed by atoms with E-state index in [2.05, 4.69) is 11.4 Å². The van der Waals surface area contributed by atoms with Crippen LogP contribution in [0.4, 0.5) is 0 Å². The van der Waals surface area contributed by atoms with Crippen LogP contribution in [0.5, 0.6) is 0 Å². The fourth-order valence-corrected chi connectivity index (χ4v) is 2.10. The van der Waals surface area contributed by atoms with E-state index in [1.807, 2.05) is 0 Å². The smallest absolute Gasteiger partial charge is 0.0759 e. The van der Waals surface area contributed by atoms with Crippen molar-refractivity contribution < 1.29 is 4.74 Å². The highest BCUT2D eigenvalue weighted by atomic mass is 16.5. The summed E-state index contributed by atoms with van der Waals surface area (Å²) < 4.78 is 5.60. The molecule has 0 bridgehead atoms. The summed E-state index contributed by atoms with van der Waals surface area (Å²) in [4.78, 5) is 0. The summed E-state index contributed by atoms with van der Waals surface area (Å²) in [6.07, 6.45) is 9.07. The third-order valence-electron chi connectivity index (χ3n) is 2.86. The molecule has 13 heavy (non-hydrogen) atoms. The Morgan fingerprint density at radius 3 is 3.08 bits per heavy atom. The summed E-state index contributed by atoms with van der Waals surface area (Å²) in [6.45, 7) is 3.30. The van der Waals surface area contributed by atoms with Crippen molar-refractivity contribution in [2.24, 2.45) is 0 Å². The maximum Gasteiger partial charge on any atom is 0.0759 e. The zero-order valence-electron chi connectivity index (χ0n) is 8.22. The maximum atomic E-state index is 5.60. The largest absolute Gasteiger partial charge is 0.374 e. The average Bonchev–Trinajstić information content (AvgIpc) is 2.49. The molecule has 0 amide bonds. The van der Waals surface area contributed by atoms with Crippen molar-refractivity contribution >= 4 is 0 Å². The van der Waals surface area contributed by atoms with Crippen molar-refractivity contribution in [3.05, 3.63) is 11.6 Å². The van der Waals surface area contributed by atoms with E-state index >= 15 is 0 Å². The summed E-state index contributed by atoms with van der Waals surface area (Å²) >= 11 is 0. The van der Waals surface area contributed by atoms with Gasteiger partial charge in [-0.3, -0.25) is 0 Å². The molecule has 2 aliphatic rings. The van der Waals surface area contributed by atoms with Crippen molar-refractivity contribution in [2.45, 2.75) is 38.2 Å². The SMILES string of the molecule is C(=C1/CCCNCC1)/C1CCCO1. The maximum absolute atomic E-state index is 5.60. The number of hydrogen-bond donors (Lipinski definition) is 1. The van der Waals surface area contributed by atoms with Gasteiger partial charge in [0.2, 0.25) is 0 Å². The topological polar surface area (TPSA) is 21.3 Å². The lowest BCUT2D eigenvalue weighted by Crippen LogP contribution is -2.13. The molecule has 2 rings (SSSR count). The van der Waals surface area contributed by atoms with Crippen molar-refractivity contribution in [3.63, 3.8) is 0 Å². The minimum Gasteiger partial charge on any atom is -0.374 e. The molecule has 1 atom stereocenters. The van der Waals surface area contributed by atoms with Gasteiger partial charge in [-0.25, -0.2) is 0 Å². The van der Waals surface area contributed by atoms with E-state index in [-0.39, 0.29) is 0 Å². The van der Waals surface area contributed by atoms with E-state index in [1.54, 1.807) is 5.57 Å². The Labute approximate surface area is 80.4 Å². The van der Waals surface area contributed by atoms with Crippen LogP contribution in [-0.4, -0.2) is 25.8 Å². The van der Waals surface area contributed by atoms with Crippen LogP contribution in [0.1, 0.15) is 32.1 Å². The van der Waals surface area contributed by atoms with Gasteiger partial charge in [-0.05, 0) is 45.2 Å². The van der Waals surface area contributed by atoms with Gasteiger partial charge >= 0.3 is 0 Å². The van der Waals surface area contributed by atoms with Gasteiger partial charge in [0, 0.05) is 6.61 Å². The summed E-state index contributed by atoms with van der Waals surface area (Å²) in [5.74, 6) is 0. The lowest BCUT2D eigenvalue weighted by atomic mass is 10.1. The standard InChI is InChI=1S/C11H19NO/c1-3-10(5-7-12-6-1)9-11-4-2-8-13-11/h9,11-12H,1-8H2/b10-9+. The van der Waals surface area contributed by atoms with Gasteiger partial charge in [0.15, 0.2) is 0 Å². The molecule has 2 aliphatic heterocycles. The van der Waals surface area contributed by atoms with Gasteiger partial charge in [-0.15, -0.1) is 0 Å². The molecule has 0 aliphatic carbocycles. The van der Waals surface area contributed by atoms with Crippen LogP contribution < -0.4 is 5.32 Å². The van der Waals surface area contributed by atoms with Crippen molar-refractivity contribution in [2.75, 3.05) is 19.7 Å². The molecule has 0 spiro atoms. The second-order valence-electron chi connectivity index (χ2n) is 3.98. The Morgan fingerprint density at radius 2 is 2.23 bits per heavy atom. The Balaban J connectivity index is 1.88. The normalized spacial score (nSPS) is 33.5. The van der Waals surface area contributed by atoms with Crippen LogP contribution in [0.2, 0.25) is 0 Å². The number of rotatable bonds is 1. The first-order valence-electron chi connectivity index (χ1n) is 5.47. The van der Waals surface area contributed by atoms with Crippen LogP contribution in [0.3, 0.4) is 0 Å². The van der Waals surface area contributed by atoms with Crippen molar-refractivity contribution in [3.8, 4) is 0 Å². The molecule has 0 aromatic carbocycles. The molecule has 1 unspecified atom stereocenters. The highest BCUT2D eigenvalue weighted by Crippen LogP contribution is 2.19. The van der Waals surface area contributed by atoms with E-state index in [0.717, 1.165) is 13.2 Å². The van der Waals surface area contributed by atoms with Gasteiger partial charge < -0.3 is 10.1 Å². The highest BCUT2D eigenvalue weighted by molar-refractivity contribution is 5.07. The molecule has 0 aromatic rings. The van der Waals surface area contributed by atoms with Crippen molar-refractivity contribution in [1.29, 1.82) is 0 Å². The molecular formula is C11H19NO. The minimum atomic E-state index is 0.438. The number of nitrogens with one attached hydrogen (secondary N) is 1. The predicted molar refractivity (Wildman–Crippen MR) is 53.8 cm³/mol. The van der Waals surface area contributed by atoms with Crippen LogP contribution in [0, 0.1) is 0 Å². The van der Waals surface area contributed by atoms with Crippen molar-refractivity contribution in [1.82, 2.24) is 5.32 Å². The van der Waals surface area contributed by atoms with E-state index in [4.69, 9.17) is 4.74 Å². The predicted octanol–water partition coefficient (Wildman–Crippen LogP) is 1.87. The second kappa shape index (κ2) is 4.77. The average molecular weight is 181 g/mol. The van der Waals surface area contributed by atoms with Crippen LogP contribution in [0.25, 0.3) is 0 Å². The zero-order chi connectivity index (χ0) is 8.93. The Hall–Kier alpha value is -0.340. The Kier molecular flexibility index (Phi) is 3.39. The van der Waals surface area contributed by atoms with E-state index in [9.17, 15) is 0 Å². The fourth-order valence-electron chi connectivity index (χ4n) is 2.10. The molecule has 2 heterocycles. The van der Waals surface area contributed by atoms with E-state index in [0.29, 0.717) is 6.10 Å². The molecule has 0 aromatic heterocycles. The first-order chi connectivity index (χ1) is 6.45. The summed E-state index contributed by atoms with van der Waals surface area (Å²) in [7, 11) is 0. The molecule has 74 valence electrons. The lowest BCUT2D eigenvalue weighted by molar-refractivity contribution is 0.145. The highest BCUT2D eigenvalue weighted by Gasteiger charge is 2.14. The summed E-state index contributed by atoms with van der Waals surface area (Å²) in [5.41, 5.74) is 1.61. The molecule has 2 heteroatoms. The molecule has 1 N–H and O–H groups in total. The third-order valence-corrected chi connectivity index (χ3v) is 2.86. The first-order valence-corrected chi connectivity index (χ1v) is 5.47.